The van der Waals surface area contributed by atoms with Gasteiger partial charge in [0.2, 0.25) is 0 Å². The van der Waals surface area contributed by atoms with Gasteiger partial charge in [0, 0.05) is 12.1 Å². The summed E-state index contributed by atoms with van der Waals surface area (Å²) in [6.07, 6.45) is 0. The summed E-state index contributed by atoms with van der Waals surface area (Å²) in [6.45, 7) is 0. The molecule has 0 radical (unpaired) electrons. The first-order valence-corrected chi connectivity index (χ1v) is 7.46. The minimum atomic E-state index is 0.111. The molecular weight excluding hydrogens is 304 g/mol. The number of para-hydroxylation sites is 2. The highest BCUT2D eigenvalue weighted by molar-refractivity contribution is 5.93. The Morgan fingerprint density at radius 2 is 1.38 bits per heavy atom. The predicted octanol–water partition coefficient (Wildman–Crippen LogP) is 3.66. The van der Waals surface area contributed by atoms with Crippen LogP contribution < -0.4 is 10.7 Å². The van der Waals surface area contributed by atoms with Gasteiger partial charge in [0.1, 0.15) is 10.9 Å². The van der Waals surface area contributed by atoms with Crippen LogP contribution in [0.1, 0.15) is 0 Å². The Kier molecular flexibility index (Phi) is 2.42. The SMILES string of the molecule is N=c1ccc2oc3cc4[nH]c5ccccc5oc4cc3[nH]c2c1=N. The Balaban J connectivity index is 1.95. The smallest absolute Gasteiger partial charge is 0.153 e. The fraction of sp³-hybridized carbons (Fsp3) is 0. The summed E-state index contributed by atoms with van der Waals surface area (Å²) >= 11 is 0. The first kappa shape index (κ1) is 13.0. The van der Waals surface area contributed by atoms with Crippen molar-refractivity contribution in [2.45, 2.75) is 0 Å². The van der Waals surface area contributed by atoms with E-state index in [0.717, 1.165) is 16.6 Å². The van der Waals surface area contributed by atoms with Crippen molar-refractivity contribution in [3.63, 3.8) is 0 Å². The topological polar surface area (TPSA) is 106 Å². The van der Waals surface area contributed by atoms with Crippen LogP contribution in [0, 0.1) is 10.8 Å². The van der Waals surface area contributed by atoms with E-state index in [4.69, 9.17) is 19.7 Å². The number of rotatable bonds is 0. The molecule has 6 nitrogen and oxygen atoms in total. The van der Waals surface area contributed by atoms with E-state index >= 15 is 0 Å². The van der Waals surface area contributed by atoms with Crippen LogP contribution in [0.5, 0.6) is 0 Å². The van der Waals surface area contributed by atoms with Crippen LogP contribution >= 0.6 is 0 Å². The zero-order valence-corrected chi connectivity index (χ0v) is 12.4. The lowest BCUT2D eigenvalue weighted by molar-refractivity contribution is 0.647. The van der Waals surface area contributed by atoms with Crippen molar-refractivity contribution in [3.05, 3.63) is 59.2 Å². The van der Waals surface area contributed by atoms with Gasteiger partial charge in [-0.15, -0.1) is 0 Å². The zero-order chi connectivity index (χ0) is 16.3. The van der Waals surface area contributed by atoms with Gasteiger partial charge in [-0.2, -0.15) is 0 Å². The van der Waals surface area contributed by atoms with E-state index in [1.807, 2.05) is 36.4 Å². The number of H-pyrrole nitrogens is 2. The summed E-state index contributed by atoms with van der Waals surface area (Å²) in [5.74, 6) is 0. The van der Waals surface area contributed by atoms with E-state index in [2.05, 4.69) is 9.97 Å². The van der Waals surface area contributed by atoms with Crippen LogP contribution in [0.3, 0.4) is 0 Å². The normalized spacial score (nSPS) is 11.7. The van der Waals surface area contributed by atoms with Crippen molar-refractivity contribution in [1.29, 1.82) is 10.8 Å². The lowest BCUT2D eigenvalue weighted by Crippen LogP contribution is -2.23. The quantitative estimate of drug-likeness (QED) is 0.327. The van der Waals surface area contributed by atoms with Crippen LogP contribution in [0.15, 0.2) is 57.4 Å². The van der Waals surface area contributed by atoms with E-state index in [0.29, 0.717) is 27.8 Å². The molecule has 116 valence electrons. The number of benzene rings is 3. The highest BCUT2D eigenvalue weighted by Gasteiger charge is 2.08. The number of hydrogen-bond acceptors (Lipinski definition) is 4. The molecule has 0 spiro atoms. The van der Waals surface area contributed by atoms with E-state index in [9.17, 15) is 0 Å². The number of hydrogen-bond donors (Lipinski definition) is 4. The molecule has 0 fully saturated rings. The average Bonchev–Trinajstić information content (AvgIpc) is 2.60. The third-order valence-electron chi connectivity index (χ3n) is 4.10. The maximum Gasteiger partial charge on any atom is 0.153 e. The number of aromatic amines is 2. The molecule has 6 heteroatoms. The summed E-state index contributed by atoms with van der Waals surface area (Å²) < 4.78 is 11.8. The third-order valence-corrected chi connectivity index (χ3v) is 4.10. The van der Waals surface area contributed by atoms with Gasteiger partial charge in [0.05, 0.1) is 21.9 Å². The van der Waals surface area contributed by atoms with Crippen molar-refractivity contribution in [2.24, 2.45) is 0 Å². The Bertz CT molecular complexity index is 1400. The first-order chi connectivity index (χ1) is 11.7. The lowest BCUT2D eigenvalue weighted by Gasteiger charge is -2.06. The fourth-order valence-corrected chi connectivity index (χ4v) is 2.89. The molecule has 0 atom stereocenters. The summed E-state index contributed by atoms with van der Waals surface area (Å²) in [5, 5.41) is 16.0. The van der Waals surface area contributed by atoms with E-state index < -0.39 is 0 Å². The monoisotopic (exact) mass is 316 g/mol. The van der Waals surface area contributed by atoms with Gasteiger partial charge in [-0.1, -0.05) is 12.1 Å². The highest BCUT2D eigenvalue weighted by Crippen LogP contribution is 2.25. The van der Waals surface area contributed by atoms with Crippen LogP contribution in [0.4, 0.5) is 0 Å². The molecule has 5 aromatic rings. The largest absolute Gasteiger partial charge is 0.453 e. The van der Waals surface area contributed by atoms with Crippen molar-refractivity contribution in [3.8, 4) is 0 Å². The predicted molar refractivity (Wildman–Crippen MR) is 90.2 cm³/mol. The Labute approximate surface area is 134 Å². The van der Waals surface area contributed by atoms with Crippen molar-refractivity contribution in [1.82, 2.24) is 9.97 Å². The second-order valence-corrected chi connectivity index (χ2v) is 5.66. The molecule has 4 N–H and O–H groups in total. The van der Waals surface area contributed by atoms with Crippen LogP contribution in [-0.4, -0.2) is 9.97 Å². The average molecular weight is 316 g/mol. The molecular formula is C18H12N4O2. The lowest BCUT2D eigenvalue weighted by atomic mass is 10.2. The summed E-state index contributed by atoms with van der Waals surface area (Å²) in [5.41, 5.74) is 5.56. The molecule has 0 aliphatic carbocycles. The van der Waals surface area contributed by atoms with Gasteiger partial charge in [-0.25, -0.2) is 0 Å². The molecule has 2 aromatic heterocycles. The van der Waals surface area contributed by atoms with Gasteiger partial charge in [-0.05, 0) is 24.3 Å². The molecule has 0 saturated carbocycles. The van der Waals surface area contributed by atoms with Gasteiger partial charge < -0.3 is 18.8 Å². The van der Waals surface area contributed by atoms with Crippen molar-refractivity contribution in [2.75, 3.05) is 0 Å². The molecule has 0 amide bonds. The zero-order valence-electron chi connectivity index (χ0n) is 12.4. The summed E-state index contributed by atoms with van der Waals surface area (Å²) in [7, 11) is 0. The fourth-order valence-electron chi connectivity index (χ4n) is 2.89. The Hall–Kier alpha value is -3.54. The molecule has 0 aliphatic heterocycles. The van der Waals surface area contributed by atoms with Crippen molar-refractivity contribution < 1.29 is 8.83 Å². The molecule has 0 aliphatic rings. The van der Waals surface area contributed by atoms with E-state index in [1.165, 1.54) is 0 Å². The summed E-state index contributed by atoms with van der Waals surface area (Å²) in [6, 6.07) is 14.7. The second kappa shape index (κ2) is 4.48. The summed E-state index contributed by atoms with van der Waals surface area (Å²) in [4.78, 5) is 6.52. The van der Waals surface area contributed by atoms with Gasteiger partial charge >= 0.3 is 0 Å². The van der Waals surface area contributed by atoms with Crippen molar-refractivity contribution >= 4 is 44.4 Å². The Morgan fingerprint density at radius 3 is 2.21 bits per heavy atom. The second-order valence-electron chi connectivity index (χ2n) is 5.66. The number of nitrogens with one attached hydrogen (secondary N) is 4. The molecule has 5 rings (SSSR count). The van der Waals surface area contributed by atoms with E-state index in [-0.39, 0.29) is 10.7 Å². The van der Waals surface area contributed by atoms with E-state index in [1.54, 1.807) is 12.1 Å². The van der Waals surface area contributed by atoms with Gasteiger partial charge in [-0.3, -0.25) is 10.8 Å². The highest BCUT2D eigenvalue weighted by atomic mass is 16.3. The van der Waals surface area contributed by atoms with Gasteiger partial charge in [0.25, 0.3) is 0 Å². The Morgan fingerprint density at radius 1 is 0.667 bits per heavy atom. The van der Waals surface area contributed by atoms with Crippen LogP contribution in [-0.2, 0) is 0 Å². The molecule has 0 unspecified atom stereocenters. The standard InChI is InChI=1S/C18H12N4O2/c19-9-5-6-14-18(17(9)20)22-12-8-15-11(7-16(12)24-14)21-10-3-1-2-4-13(10)23-15/h1-8,19-22H. The maximum atomic E-state index is 8.03. The molecule has 0 saturated heterocycles. The minimum absolute atomic E-state index is 0.111. The maximum absolute atomic E-state index is 8.03. The molecule has 24 heavy (non-hydrogen) atoms. The number of aromatic nitrogens is 2. The third kappa shape index (κ3) is 1.77. The molecule has 3 aromatic carbocycles. The molecule has 2 heterocycles. The number of fused-ring (bicyclic) bond motifs is 4. The minimum Gasteiger partial charge on any atom is -0.453 e. The van der Waals surface area contributed by atoms with Crippen LogP contribution in [0.2, 0.25) is 0 Å². The van der Waals surface area contributed by atoms with Gasteiger partial charge in [0.15, 0.2) is 22.3 Å². The first-order valence-electron chi connectivity index (χ1n) is 7.46. The van der Waals surface area contributed by atoms with Crippen LogP contribution in [0.25, 0.3) is 44.4 Å². The molecule has 0 bridgehead atoms.